The van der Waals surface area contributed by atoms with Gasteiger partial charge in [-0.1, -0.05) is 20.8 Å². The summed E-state index contributed by atoms with van der Waals surface area (Å²) in [5.74, 6) is 1.75. The first-order valence-corrected chi connectivity index (χ1v) is 6.84. The van der Waals surface area contributed by atoms with Crippen molar-refractivity contribution < 1.29 is 14.6 Å². The lowest BCUT2D eigenvalue weighted by Crippen LogP contribution is -2.14. The number of hydrogen-bond acceptors (Lipinski definition) is 3. The van der Waals surface area contributed by atoms with Crippen LogP contribution in [0.1, 0.15) is 46.1 Å². The number of aliphatic hydroxyl groups excluding tert-OH is 1. The van der Waals surface area contributed by atoms with Gasteiger partial charge in [0.25, 0.3) is 0 Å². The molecule has 1 aromatic carbocycles. The molecule has 0 aliphatic heterocycles. The van der Waals surface area contributed by atoms with Gasteiger partial charge in [0.2, 0.25) is 0 Å². The van der Waals surface area contributed by atoms with E-state index in [1.165, 1.54) is 0 Å². The van der Waals surface area contributed by atoms with Gasteiger partial charge in [0.1, 0.15) is 11.5 Å². The summed E-state index contributed by atoms with van der Waals surface area (Å²) in [6, 6.07) is 5.91. The zero-order chi connectivity index (χ0) is 14.5. The number of benzene rings is 1. The van der Waals surface area contributed by atoms with E-state index in [-0.39, 0.29) is 11.5 Å². The van der Waals surface area contributed by atoms with Crippen molar-refractivity contribution in [2.45, 2.75) is 52.1 Å². The highest BCUT2D eigenvalue weighted by atomic mass is 16.5. The van der Waals surface area contributed by atoms with E-state index < -0.39 is 0 Å². The highest BCUT2D eigenvalue weighted by molar-refractivity contribution is 5.44. The average Bonchev–Trinajstić information content (AvgIpc) is 2.33. The summed E-state index contributed by atoms with van der Waals surface area (Å²) < 4.78 is 11.1. The van der Waals surface area contributed by atoms with Crippen LogP contribution in [0.15, 0.2) is 18.2 Å². The molecule has 19 heavy (non-hydrogen) atoms. The van der Waals surface area contributed by atoms with Crippen LogP contribution in [-0.4, -0.2) is 24.9 Å². The van der Waals surface area contributed by atoms with Crippen molar-refractivity contribution in [1.29, 1.82) is 0 Å². The molecule has 3 nitrogen and oxygen atoms in total. The molecule has 0 aliphatic carbocycles. The molecule has 108 valence electrons. The molecule has 0 radical (unpaired) electrons. The molecule has 0 fully saturated rings. The van der Waals surface area contributed by atoms with Crippen LogP contribution >= 0.6 is 0 Å². The predicted octanol–water partition coefficient (Wildman–Crippen LogP) is 3.53. The lowest BCUT2D eigenvalue weighted by atomic mass is 9.86. The van der Waals surface area contributed by atoms with Crippen molar-refractivity contribution in [3.05, 3.63) is 23.8 Å². The molecule has 1 rings (SSSR count). The first-order valence-electron chi connectivity index (χ1n) is 6.84. The Kier molecular flexibility index (Phi) is 5.67. The second-order valence-electron chi connectivity index (χ2n) is 5.95. The Balaban J connectivity index is 2.76. The number of hydrogen-bond donors (Lipinski definition) is 1. The Bertz CT molecular complexity index is 391. The van der Waals surface area contributed by atoms with E-state index in [9.17, 15) is 5.11 Å². The Morgan fingerprint density at radius 2 is 1.95 bits per heavy atom. The second kappa shape index (κ2) is 6.80. The average molecular weight is 266 g/mol. The summed E-state index contributed by atoms with van der Waals surface area (Å²) >= 11 is 0. The predicted molar refractivity (Wildman–Crippen MR) is 78.1 cm³/mol. The molecule has 0 saturated heterocycles. The fourth-order valence-corrected chi connectivity index (χ4v) is 1.91. The van der Waals surface area contributed by atoms with Gasteiger partial charge in [-0.2, -0.15) is 0 Å². The fraction of sp³-hybridized carbons (Fsp3) is 0.625. The highest BCUT2D eigenvalue weighted by Gasteiger charge is 2.19. The SMILES string of the molecule is COc1ccc(OCCCC(C)O)c(C(C)(C)C)c1. The van der Waals surface area contributed by atoms with Gasteiger partial charge in [0.05, 0.1) is 19.8 Å². The lowest BCUT2D eigenvalue weighted by Gasteiger charge is -2.23. The summed E-state index contributed by atoms with van der Waals surface area (Å²) in [7, 11) is 1.67. The lowest BCUT2D eigenvalue weighted by molar-refractivity contribution is 0.170. The summed E-state index contributed by atoms with van der Waals surface area (Å²) in [5, 5.41) is 9.23. The third-order valence-electron chi connectivity index (χ3n) is 3.02. The van der Waals surface area contributed by atoms with Crippen molar-refractivity contribution in [3.8, 4) is 11.5 Å². The quantitative estimate of drug-likeness (QED) is 0.800. The van der Waals surface area contributed by atoms with Crippen molar-refractivity contribution in [2.75, 3.05) is 13.7 Å². The van der Waals surface area contributed by atoms with Crippen LogP contribution < -0.4 is 9.47 Å². The van der Waals surface area contributed by atoms with Gasteiger partial charge in [0.15, 0.2) is 0 Å². The topological polar surface area (TPSA) is 38.7 Å². The van der Waals surface area contributed by atoms with Crippen LogP contribution in [0.4, 0.5) is 0 Å². The molecular weight excluding hydrogens is 240 g/mol. The monoisotopic (exact) mass is 266 g/mol. The van der Waals surface area contributed by atoms with Gasteiger partial charge in [0, 0.05) is 5.56 Å². The largest absolute Gasteiger partial charge is 0.497 e. The third kappa shape index (κ3) is 5.11. The summed E-state index contributed by atoms with van der Waals surface area (Å²) in [5.41, 5.74) is 1.15. The van der Waals surface area contributed by atoms with Gasteiger partial charge >= 0.3 is 0 Å². The molecule has 0 heterocycles. The van der Waals surface area contributed by atoms with Gasteiger partial charge in [-0.05, 0) is 43.4 Å². The Labute approximate surface area is 116 Å². The molecule has 0 amide bonds. The van der Waals surface area contributed by atoms with Gasteiger partial charge < -0.3 is 14.6 Å². The van der Waals surface area contributed by atoms with Crippen molar-refractivity contribution in [2.24, 2.45) is 0 Å². The normalized spacial score (nSPS) is 13.2. The van der Waals surface area contributed by atoms with Crippen LogP contribution in [0.2, 0.25) is 0 Å². The zero-order valence-corrected chi connectivity index (χ0v) is 12.7. The number of ether oxygens (including phenoxy) is 2. The minimum absolute atomic E-state index is 0.00808. The van der Waals surface area contributed by atoms with E-state index in [1.807, 2.05) is 18.2 Å². The number of rotatable bonds is 6. The summed E-state index contributed by atoms with van der Waals surface area (Å²) in [6.45, 7) is 8.90. The highest BCUT2D eigenvalue weighted by Crippen LogP contribution is 2.34. The van der Waals surface area contributed by atoms with E-state index in [1.54, 1.807) is 14.0 Å². The molecule has 1 unspecified atom stereocenters. The first-order chi connectivity index (χ1) is 8.84. The maximum Gasteiger partial charge on any atom is 0.123 e. The molecule has 1 atom stereocenters. The molecule has 0 spiro atoms. The summed E-state index contributed by atoms with van der Waals surface area (Å²) in [6.07, 6.45) is 1.36. The van der Waals surface area contributed by atoms with Crippen LogP contribution in [0.3, 0.4) is 0 Å². The van der Waals surface area contributed by atoms with Crippen LogP contribution in [0.5, 0.6) is 11.5 Å². The minimum atomic E-state index is -0.262. The van der Waals surface area contributed by atoms with Crippen molar-refractivity contribution in [1.82, 2.24) is 0 Å². The van der Waals surface area contributed by atoms with Crippen LogP contribution in [-0.2, 0) is 5.41 Å². The van der Waals surface area contributed by atoms with E-state index in [0.717, 1.165) is 29.9 Å². The fourth-order valence-electron chi connectivity index (χ4n) is 1.91. The van der Waals surface area contributed by atoms with E-state index in [4.69, 9.17) is 9.47 Å². The Morgan fingerprint density at radius 3 is 2.47 bits per heavy atom. The number of aliphatic hydroxyl groups is 1. The standard InChI is InChI=1S/C16H26O3/c1-12(17)7-6-10-19-15-9-8-13(18-5)11-14(15)16(2,3)4/h8-9,11-12,17H,6-7,10H2,1-5H3. The van der Waals surface area contributed by atoms with Crippen LogP contribution in [0, 0.1) is 0 Å². The van der Waals surface area contributed by atoms with Gasteiger partial charge in [-0.25, -0.2) is 0 Å². The van der Waals surface area contributed by atoms with E-state index >= 15 is 0 Å². The molecule has 0 aromatic heterocycles. The molecule has 1 N–H and O–H groups in total. The van der Waals surface area contributed by atoms with E-state index in [0.29, 0.717) is 6.61 Å². The van der Waals surface area contributed by atoms with Crippen molar-refractivity contribution >= 4 is 0 Å². The minimum Gasteiger partial charge on any atom is -0.497 e. The molecule has 3 heteroatoms. The molecule has 0 bridgehead atoms. The third-order valence-corrected chi connectivity index (χ3v) is 3.02. The molecule has 0 aliphatic rings. The molecule has 0 saturated carbocycles. The van der Waals surface area contributed by atoms with Crippen molar-refractivity contribution in [3.63, 3.8) is 0 Å². The van der Waals surface area contributed by atoms with Crippen LogP contribution in [0.25, 0.3) is 0 Å². The van der Waals surface area contributed by atoms with Gasteiger partial charge in [-0.15, -0.1) is 0 Å². The number of methoxy groups -OCH3 is 1. The maximum atomic E-state index is 9.23. The molecule has 1 aromatic rings. The Morgan fingerprint density at radius 1 is 1.26 bits per heavy atom. The first kappa shape index (κ1) is 15.8. The maximum absolute atomic E-state index is 9.23. The smallest absolute Gasteiger partial charge is 0.123 e. The zero-order valence-electron chi connectivity index (χ0n) is 12.7. The van der Waals surface area contributed by atoms with Gasteiger partial charge in [-0.3, -0.25) is 0 Å². The Hall–Kier alpha value is -1.22. The molecular formula is C16H26O3. The summed E-state index contributed by atoms with van der Waals surface area (Å²) in [4.78, 5) is 0. The van der Waals surface area contributed by atoms with E-state index in [2.05, 4.69) is 20.8 Å². The second-order valence-corrected chi connectivity index (χ2v) is 5.95.